The first-order chi connectivity index (χ1) is 15.5. The molecule has 2 aromatic carbocycles. The fraction of sp³-hybridized carbons (Fsp3) is 0.462. The number of nitrogens with one attached hydrogen (secondary N) is 2. The normalized spacial score (nSPS) is 14.5. The molecule has 2 aromatic rings. The second kappa shape index (κ2) is 9.91. The highest BCUT2D eigenvalue weighted by Crippen LogP contribution is 2.35. The summed E-state index contributed by atoms with van der Waals surface area (Å²) in [6.45, 7) is 9.73. The summed E-state index contributed by atoms with van der Waals surface area (Å²) < 4.78 is 25.6. The molecule has 1 aliphatic rings. The van der Waals surface area contributed by atoms with E-state index in [9.17, 15) is 14.0 Å². The van der Waals surface area contributed by atoms with Gasteiger partial charge in [0, 0.05) is 35.9 Å². The number of halogens is 1. The Labute approximate surface area is 194 Å². The zero-order chi connectivity index (χ0) is 24.3. The predicted octanol–water partition coefficient (Wildman–Crippen LogP) is 4.84. The third kappa shape index (κ3) is 6.11. The minimum Gasteiger partial charge on any atom is -0.467 e. The molecule has 1 aliphatic carbocycles. The zero-order valence-electron chi connectivity index (χ0n) is 20.2. The summed E-state index contributed by atoms with van der Waals surface area (Å²) in [5.74, 6) is -0.641. The largest absolute Gasteiger partial charge is 0.467 e. The fourth-order valence-corrected chi connectivity index (χ4v) is 3.21. The second-order valence-corrected chi connectivity index (χ2v) is 9.70. The lowest BCUT2D eigenvalue weighted by atomic mass is 9.88. The van der Waals surface area contributed by atoms with E-state index in [4.69, 9.17) is 9.47 Å². The van der Waals surface area contributed by atoms with Gasteiger partial charge in [0.05, 0.1) is 0 Å². The Kier molecular flexibility index (Phi) is 7.42. The summed E-state index contributed by atoms with van der Waals surface area (Å²) in [5.41, 5.74) is 2.06. The van der Waals surface area contributed by atoms with E-state index in [0.29, 0.717) is 28.0 Å². The van der Waals surface area contributed by atoms with E-state index < -0.39 is 5.82 Å². The van der Waals surface area contributed by atoms with Crippen LogP contribution in [0, 0.1) is 18.2 Å². The number of rotatable bonds is 8. The van der Waals surface area contributed by atoms with Crippen molar-refractivity contribution < 1.29 is 23.5 Å². The van der Waals surface area contributed by atoms with Crippen molar-refractivity contribution in [2.75, 3.05) is 13.9 Å². The quantitative estimate of drug-likeness (QED) is 0.558. The highest BCUT2D eigenvalue weighted by molar-refractivity contribution is 5.98. The molecule has 7 heteroatoms. The molecule has 6 nitrogen and oxygen atoms in total. The summed E-state index contributed by atoms with van der Waals surface area (Å²) in [6.07, 6.45) is 1.89. The van der Waals surface area contributed by atoms with Crippen LogP contribution in [-0.4, -0.2) is 37.8 Å². The van der Waals surface area contributed by atoms with Gasteiger partial charge >= 0.3 is 0 Å². The first-order valence-corrected chi connectivity index (χ1v) is 11.2. The Bertz CT molecular complexity index is 1040. The monoisotopic (exact) mass is 456 g/mol. The Balaban J connectivity index is 1.98. The molecule has 0 saturated heterocycles. The lowest BCUT2D eigenvalue weighted by molar-refractivity contribution is 0.0514. The number of hydrogen-bond donors (Lipinski definition) is 2. The van der Waals surface area contributed by atoms with Crippen LogP contribution in [0.5, 0.6) is 5.75 Å². The number of benzene rings is 2. The van der Waals surface area contributed by atoms with E-state index in [1.54, 1.807) is 31.2 Å². The lowest BCUT2D eigenvalue weighted by Gasteiger charge is -2.28. The molecule has 0 radical (unpaired) electrons. The number of carbonyl (C=O) groups is 2. The number of carbonyl (C=O) groups excluding carboxylic acids is 2. The van der Waals surface area contributed by atoms with Gasteiger partial charge in [0.2, 0.25) is 0 Å². The molecule has 3 rings (SSSR count). The molecule has 0 heterocycles. The van der Waals surface area contributed by atoms with E-state index in [2.05, 4.69) is 31.4 Å². The Morgan fingerprint density at radius 1 is 1.09 bits per heavy atom. The summed E-state index contributed by atoms with van der Waals surface area (Å²) in [5, 5.41) is 5.90. The molecule has 178 valence electrons. The molecule has 2 N–H and O–H groups in total. The number of ether oxygens (including phenoxy) is 2. The molecule has 0 aliphatic heterocycles. The molecule has 0 bridgehead atoms. The van der Waals surface area contributed by atoms with Crippen molar-refractivity contribution >= 4 is 11.8 Å². The average molecular weight is 457 g/mol. The number of amides is 2. The van der Waals surface area contributed by atoms with Crippen molar-refractivity contribution in [3.8, 4) is 16.9 Å². The molecule has 33 heavy (non-hydrogen) atoms. The summed E-state index contributed by atoms with van der Waals surface area (Å²) in [4.78, 5) is 25.4. The SMILES string of the molecule is COCOc1cc(C(=O)N[C@H](C)C(C)(C)C)ccc1-c1cc(C(=O)NC2CC2)cc(F)c1C. The molecule has 0 spiro atoms. The van der Waals surface area contributed by atoms with Gasteiger partial charge in [-0.05, 0) is 73.6 Å². The van der Waals surface area contributed by atoms with Gasteiger partial charge in [-0.3, -0.25) is 9.59 Å². The topological polar surface area (TPSA) is 76.7 Å². The highest BCUT2D eigenvalue weighted by atomic mass is 19.1. The lowest BCUT2D eigenvalue weighted by Crippen LogP contribution is -2.41. The van der Waals surface area contributed by atoms with Gasteiger partial charge < -0.3 is 20.1 Å². The Hall–Kier alpha value is -2.93. The van der Waals surface area contributed by atoms with Crippen molar-refractivity contribution in [1.29, 1.82) is 0 Å². The Morgan fingerprint density at radius 3 is 2.39 bits per heavy atom. The van der Waals surface area contributed by atoms with Crippen LogP contribution in [0.25, 0.3) is 11.1 Å². The van der Waals surface area contributed by atoms with Gasteiger partial charge in [0.25, 0.3) is 11.8 Å². The molecular weight excluding hydrogens is 423 g/mol. The van der Waals surface area contributed by atoms with Crippen LogP contribution < -0.4 is 15.4 Å². The van der Waals surface area contributed by atoms with E-state index in [-0.39, 0.29) is 41.7 Å². The van der Waals surface area contributed by atoms with Crippen LogP contribution in [0.2, 0.25) is 0 Å². The Morgan fingerprint density at radius 2 is 1.79 bits per heavy atom. The maximum atomic E-state index is 14.8. The second-order valence-electron chi connectivity index (χ2n) is 9.70. The molecule has 2 amide bonds. The first-order valence-electron chi connectivity index (χ1n) is 11.2. The standard InChI is InChI=1S/C26H33FN2O4/c1-15-21(11-18(12-22(15)27)25(31)29-19-8-9-19)20-10-7-17(13-23(20)33-14-32-6)24(30)28-16(2)26(3,4)5/h7,10-13,16,19H,8-9,14H2,1-6H3,(H,28,30)(H,29,31)/t16-/m1/s1. The van der Waals surface area contributed by atoms with Gasteiger partial charge in [-0.2, -0.15) is 0 Å². The molecule has 1 fully saturated rings. The van der Waals surface area contributed by atoms with Crippen LogP contribution in [0.4, 0.5) is 4.39 Å². The van der Waals surface area contributed by atoms with E-state index in [0.717, 1.165) is 12.8 Å². The van der Waals surface area contributed by atoms with Crippen molar-refractivity contribution in [1.82, 2.24) is 10.6 Å². The first kappa shape index (κ1) is 24.7. The van der Waals surface area contributed by atoms with Gasteiger partial charge in [0.1, 0.15) is 11.6 Å². The van der Waals surface area contributed by atoms with Crippen molar-refractivity contribution in [2.24, 2.45) is 5.41 Å². The minimum atomic E-state index is -0.480. The van der Waals surface area contributed by atoms with Crippen LogP contribution in [0.3, 0.4) is 0 Å². The van der Waals surface area contributed by atoms with Crippen LogP contribution in [0.15, 0.2) is 30.3 Å². The smallest absolute Gasteiger partial charge is 0.251 e. The third-order valence-electron chi connectivity index (χ3n) is 6.03. The predicted molar refractivity (Wildman–Crippen MR) is 126 cm³/mol. The van der Waals surface area contributed by atoms with E-state index in [1.165, 1.54) is 13.2 Å². The van der Waals surface area contributed by atoms with E-state index >= 15 is 0 Å². The van der Waals surface area contributed by atoms with Gasteiger partial charge in [0.15, 0.2) is 6.79 Å². The molecule has 0 aromatic heterocycles. The maximum Gasteiger partial charge on any atom is 0.251 e. The average Bonchev–Trinajstić information content (AvgIpc) is 3.57. The van der Waals surface area contributed by atoms with Crippen LogP contribution in [0.1, 0.15) is 66.8 Å². The summed E-state index contributed by atoms with van der Waals surface area (Å²) >= 11 is 0. The van der Waals surface area contributed by atoms with Crippen molar-refractivity contribution in [3.63, 3.8) is 0 Å². The maximum absolute atomic E-state index is 14.8. The molecular formula is C26H33FN2O4. The van der Waals surface area contributed by atoms with Crippen LogP contribution in [-0.2, 0) is 4.74 Å². The van der Waals surface area contributed by atoms with E-state index in [1.807, 2.05) is 6.92 Å². The number of methoxy groups -OCH3 is 1. The molecule has 1 atom stereocenters. The fourth-order valence-electron chi connectivity index (χ4n) is 3.21. The van der Waals surface area contributed by atoms with Crippen molar-refractivity contribution in [3.05, 3.63) is 52.8 Å². The van der Waals surface area contributed by atoms with Crippen molar-refractivity contribution in [2.45, 2.75) is 59.5 Å². The summed E-state index contributed by atoms with van der Waals surface area (Å²) in [7, 11) is 1.50. The highest BCUT2D eigenvalue weighted by Gasteiger charge is 2.26. The van der Waals surface area contributed by atoms with Gasteiger partial charge in [-0.15, -0.1) is 0 Å². The van der Waals surface area contributed by atoms with Gasteiger partial charge in [-0.25, -0.2) is 4.39 Å². The zero-order valence-corrected chi connectivity index (χ0v) is 20.2. The molecule has 0 unspecified atom stereocenters. The summed E-state index contributed by atoms with van der Waals surface area (Å²) in [6, 6.07) is 8.03. The molecule has 1 saturated carbocycles. The van der Waals surface area contributed by atoms with Gasteiger partial charge in [-0.1, -0.05) is 20.8 Å². The third-order valence-corrected chi connectivity index (χ3v) is 6.03. The minimum absolute atomic E-state index is 0.0418. The van der Waals surface area contributed by atoms with Crippen LogP contribution >= 0.6 is 0 Å². The number of hydrogen-bond acceptors (Lipinski definition) is 4.